The molecule has 0 radical (unpaired) electrons. The molecule has 0 aliphatic carbocycles. The molecular weight excluding hydrogens is 258 g/mol. The summed E-state index contributed by atoms with van der Waals surface area (Å²) in [5.41, 5.74) is 0. The number of hydrogen-bond acceptors (Lipinski definition) is 4. The average Bonchev–Trinajstić information content (AvgIpc) is 2.42. The van der Waals surface area contributed by atoms with Crippen LogP contribution >= 0.6 is 0 Å². The number of ether oxygens (including phenoxy) is 2. The number of carbonyl (C=O) groups excluding carboxylic acids is 1. The summed E-state index contributed by atoms with van der Waals surface area (Å²) in [6.07, 6.45) is 1.14. The standard InChI is InChI=1S/C14H31N3O3.3H2/c1-4-5-15-6-8-19-10-11-20-9-7-16-14(18)17-12-13(2)3;;;/h13,15H,4-12H2,1-3H3,(H2,16,17,18);3*1H. The van der Waals surface area contributed by atoms with E-state index in [0.717, 1.165) is 19.5 Å². The smallest absolute Gasteiger partial charge is 0.314 e. The van der Waals surface area contributed by atoms with Gasteiger partial charge in [-0.3, -0.25) is 0 Å². The molecule has 0 aromatic rings. The molecule has 0 fully saturated rings. The molecule has 0 heterocycles. The summed E-state index contributed by atoms with van der Waals surface area (Å²) < 4.78 is 10.7. The molecule has 0 aliphatic rings. The first-order valence-corrected chi connectivity index (χ1v) is 7.54. The maximum absolute atomic E-state index is 11.3. The van der Waals surface area contributed by atoms with E-state index < -0.39 is 0 Å². The summed E-state index contributed by atoms with van der Waals surface area (Å²) in [5.74, 6) is 0.459. The van der Waals surface area contributed by atoms with Gasteiger partial charge in [0.2, 0.25) is 0 Å². The number of carbonyl (C=O) groups is 1. The highest BCUT2D eigenvalue weighted by Crippen LogP contribution is 1.86. The predicted octanol–water partition coefficient (Wildman–Crippen LogP) is 1.71. The Kier molecular flexibility index (Phi) is 13.9. The zero-order chi connectivity index (χ0) is 15.1. The van der Waals surface area contributed by atoms with Crippen molar-refractivity contribution in [2.24, 2.45) is 5.92 Å². The molecule has 0 unspecified atom stereocenters. The lowest BCUT2D eigenvalue weighted by atomic mass is 10.2. The number of nitrogens with one attached hydrogen (secondary N) is 3. The normalized spacial score (nSPS) is 10.8. The third-order valence-corrected chi connectivity index (χ3v) is 2.42. The van der Waals surface area contributed by atoms with Crippen molar-refractivity contribution >= 4 is 6.03 Å². The van der Waals surface area contributed by atoms with E-state index in [1.807, 2.05) is 0 Å². The van der Waals surface area contributed by atoms with Gasteiger partial charge in [-0.05, 0) is 18.9 Å². The summed E-state index contributed by atoms with van der Waals surface area (Å²) in [6.45, 7) is 11.7. The minimum Gasteiger partial charge on any atom is -0.378 e. The topological polar surface area (TPSA) is 71.6 Å². The van der Waals surface area contributed by atoms with E-state index >= 15 is 0 Å². The molecule has 0 rings (SSSR count). The van der Waals surface area contributed by atoms with Gasteiger partial charge in [0.1, 0.15) is 0 Å². The van der Waals surface area contributed by atoms with E-state index in [4.69, 9.17) is 9.47 Å². The van der Waals surface area contributed by atoms with Gasteiger partial charge in [0.15, 0.2) is 0 Å². The largest absolute Gasteiger partial charge is 0.378 e. The average molecular weight is 295 g/mol. The second kappa shape index (κ2) is 14.6. The molecule has 6 nitrogen and oxygen atoms in total. The Labute approximate surface area is 127 Å². The Bertz CT molecular complexity index is 239. The van der Waals surface area contributed by atoms with Crippen molar-refractivity contribution in [2.75, 3.05) is 52.6 Å². The fraction of sp³-hybridized carbons (Fsp3) is 0.929. The van der Waals surface area contributed by atoms with Crippen LogP contribution < -0.4 is 16.0 Å². The van der Waals surface area contributed by atoms with E-state index in [9.17, 15) is 4.79 Å². The van der Waals surface area contributed by atoms with Gasteiger partial charge in [0, 0.05) is 23.9 Å². The van der Waals surface area contributed by atoms with E-state index in [2.05, 4.69) is 36.7 Å². The van der Waals surface area contributed by atoms with Crippen LogP contribution in [0.4, 0.5) is 4.79 Å². The molecule has 2 amide bonds. The maximum atomic E-state index is 11.3. The van der Waals surface area contributed by atoms with Crippen molar-refractivity contribution in [1.82, 2.24) is 16.0 Å². The molecule has 0 bridgehead atoms. The molecular formula is C14H37N3O3. The van der Waals surface area contributed by atoms with E-state index in [-0.39, 0.29) is 10.3 Å². The van der Waals surface area contributed by atoms with Gasteiger partial charge < -0.3 is 25.4 Å². The first-order valence-electron chi connectivity index (χ1n) is 7.54. The third-order valence-electron chi connectivity index (χ3n) is 2.42. The van der Waals surface area contributed by atoms with E-state index in [0.29, 0.717) is 45.4 Å². The first-order chi connectivity index (χ1) is 9.66. The molecule has 3 N–H and O–H groups in total. The van der Waals surface area contributed by atoms with Gasteiger partial charge in [-0.15, -0.1) is 0 Å². The van der Waals surface area contributed by atoms with Crippen molar-refractivity contribution in [1.29, 1.82) is 0 Å². The van der Waals surface area contributed by atoms with Gasteiger partial charge in [0.25, 0.3) is 0 Å². The second-order valence-electron chi connectivity index (χ2n) is 5.01. The number of hydrogen-bond donors (Lipinski definition) is 3. The molecule has 126 valence electrons. The summed E-state index contributed by atoms with van der Waals surface area (Å²) in [7, 11) is 0. The van der Waals surface area contributed by atoms with Crippen molar-refractivity contribution in [3.8, 4) is 0 Å². The molecule has 0 spiro atoms. The SMILES string of the molecule is CCCNCCOCCOCCNC(=O)NCC(C)C.[HH].[HH].[HH]. The van der Waals surface area contributed by atoms with Gasteiger partial charge >= 0.3 is 6.03 Å². The van der Waals surface area contributed by atoms with Crippen LogP contribution in [-0.4, -0.2) is 58.6 Å². The molecule has 0 aromatic heterocycles. The van der Waals surface area contributed by atoms with Crippen LogP contribution in [0.1, 0.15) is 31.5 Å². The summed E-state index contributed by atoms with van der Waals surface area (Å²) in [5, 5.41) is 8.78. The lowest BCUT2D eigenvalue weighted by Crippen LogP contribution is -2.39. The van der Waals surface area contributed by atoms with Gasteiger partial charge in [0.05, 0.1) is 26.4 Å². The first kappa shape index (κ1) is 19.1. The highest BCUT2D eigenvalue weighted by Gasteiger charge is 2.00. The lowest BCUT2D eigenvalue weighted by Gasteiger charge is -2.10. The van der Waals surface area contributed by atoms with Crippen LogP contribution in [0.2, 0.25) is 0 Å². The van der Waals surface area contributed by atoms with Crippen LogP contribution in [0.15, 0.2) is 0 Å². The monoisotopic (exact) mass is 295 g/mol. The Morgan fingerprint density at radius 2 is 1.65 bits per heavy atom. The summed E-state index contributed by atoms with van der Waals surface area (Å²) in [6, 6.07) is -0.138. The fourth-order valence-electron chi connectivity index (χ4n) is 1.36. The predicted molar refractivity (Wildman–Crippen MR) is 87.4 cm³/mol. The van der Waals surface area contributed by atoms with Gasteiger partial charge in [-0.2, -0.15) is 0 Å². The quantitative estimate of drug-likeness (QED) is 0.452. The zero-order valence-corrected chi connectivity index (χ0v) is 13.2. The van der Waals surface area contributed by atoms with Crippen molar-refractivity contribution in [2.45, 2.75) is 27.2 Å². The number of rotatable bonds is 13. The van der Waals surface area contributed by atoms with Crippen LogP contribution in [-0.2, 0) is 9.47 Å². The molecule has 0 atom stereocenters. The van der Waals surface area contributed by atoms with Crippen LogP contribution in [0.25, 0.3) is 0 Å². The minimum atomic E-state index is -0.138. The number of amides is 2. The van der Waals surface area contributed by atoms with E-state index in [1.165, 1.54) is 0 Å². The van der Waals surface area contributed by atoms with Crippen LogP contribution in [0, 0.1) is 5.92 Å². The Balaban J connectivity index is -0.000000602. The molecule has 0 aliphatic heterocycles. The molecule has 0 aromatic carbocycles. The maximum Gasteiger partial charge on any atom is 0.314 e. The van der Waals surface area contributed by atoms with Crippen LogP contribution in [0.3, 0.4) is 0 Å². The fourth-order valence-corrected chi connectivity index (χ4v) is 1.36. The minimum absolute atomic E-state index is 0. The van der Waals surface area contributed by atoms with E-state index in [1.54, 1.807) is 0 Å². The van der Waals surface area contributed by atoms with Crippen LogP contribution in [0.5, 0.6) is 0 Å². The lowest BCUT2D eigenvalue weighted by molar-refractivity contribution is 0.0505. The Hall–Kier alpha value is -0.850. The highest BCUT2D eigenvalue weighted by molar-refractivity contribution is 5.73. The van der Waals surface area contributed by atoms with Crippen molar-refractivity contribution < 1.29 is 18.5 Å². The van der Waals surface area contributed by atoms with Gasteiger partial charge in [-0.1, -0.05) is 20.8 Å². The van der Waals surface area contributed by atoms with Crippen molar-refractivity contribution in [3.05, 3.63) is 0 Å². The zero-order valence-electron chi connectivity index (χ0n) is 13.2. The Morgan fingerprint density at radius 1 is 1.00 bits per heavy atom. The van der Waals surface area contributed by atoms with Crippen molar-refractivity contribution in [3.63, 3.8) is 0 Å². The Morgan fingerprint density at radius 3 is 2.25 bits per heavy atom. The summed E-state index contributed by atoms with van der Waals surface area (Å²) in [4.78, 5) is 11.3. The molecule has 20 heavy (non-hydrogen) atoms. The van der Waals surface area contributed by atoms with Gasteiger partial charge in [-0.25, -0.2) is 4.79 Å². The second-order valence-corrected chi connectivity index (χ2v) is 5.01. The molecule has 6 heteroatoms. The summed E-state index contributed by atoms with van der Waals surface area (Å²) >= 11 is 0. The third kappa shape index (κ3) is 15.2. The number of urea groups is 1. The molecule has 0 saturated carbocycles. The molecule has 0 saturated heterocycles. The highest BCUT2D eigenvalue weighted by atomic mass is 16.5.